The highest BCUT2D eigenvalue weighted by Crippen LogP contribution is 2.18. The Kier molecular flexibility index (Phi) is 6.32. The number of methoxy groups -OCH3 is 1. The molecule has 0 aliphatic carbocycles. The number of aryl methyl sites for hydroxylation is 1. The molecule has 0 amide bonds. The summed E-state index contributed by atoms with van der Waals surface area (Å²) in [6.45, 7) is 4.87. The van der Waals surface area contributed by atoms with Crippen molar-refractivity contribution in [2.45, 2.75) is 33.1 Å². The summed E-state index contributed by atoms with van der Waals surface area (Å²) in [6, 6.07) is 12.2. The Morgan fingerprint density at radius 2 is 2.10 bits per heavy atom. The fourth-order valence-electron chi connectivity index (χ4n) is 3.40. The van der Waals surface area contributed by atoms with E-state index in [1.165, 1.54) is 4.88 Å². The Bertz CT molecular complexity index is 1170. The Morgan fingerprint density at radius 1 is 1.20 bits per heavy atom. The molecule has 9 heteroatoms. The van der Waals surface area contributed by atoms with Crippen LogP contribution in [-0.4, -0.2) is 43.8 Å². The Hall–Kier alpha value is -2.88. The number of pyridine rings is 1. The minimum atomic E-state index is -0.0664. The molecule has 3 aromatic heterocycles. The molecule has 30 heavy (non-hydrogen) atoms. The van der Waals surface area contributed by atoms with Crippen LogP contribution in [-0.2, 0) is 30.9 Å². The fraction of sp³-hybridized carbons (Fsp3) is 0.333. The molecule has 3 heterocycles. The summed E-state index contributed by atoms with van der Waals surface area (Å²) in [7, 11) is 1.65. The van der Waals surface area contributed by atoms with Gasteiger partial charge in [0.2, 0.25) is 0 Å². The third-order valence-electron chi connectivity index (χ3n) is 4.91. The lowest BCUT2D eigenvalue weighted by Gasteiger charge is -2.21. The highest BCUT2D eigenvalue weighted by Gasteiger charge is 2.16. The van der Waals surface area contributed by atoms with Crippen molar-refractivity contribution in [3.05, 3.63) is 74.0 Å². The third kappa shape index (κ3) is 4.81. The van der Waals surface area contributed by atoms with E-state index in [4.69, 9.17) is 4.74 Å². The largest absolute Gasteiger partial charge is 0.383 e. The number of hydrogen-bond acceptors (Lipinski definition) is 7. The lowest BCUT2D eigenvalue weighted by molar-refractivity contribution is 0.177. The molecule has 0 aliphatic rings. The van der Waals surface area contributed by atoms with Gasteiger partial charge in [-0.15, -0.1) is 16.4 Å². The van der Waals surface area contributed by atoms with Crippen molar-refractivity contribution >= 4 is 22.2 Å². The normalized spacial score (nSPS) is 11.6. The summed E-state index contributed by atoms with van der Waals surface area (Å²) >= 11 is 1.69. The number of fused-ring (bicyclic) bond motifs is 1. The molecule has 0 radical (unpaired) electrons. The molecule has 4 rings (SSSR count). The van der Waals surface area contributed by atoms with Gasteiger partial charge in [0.1, 0.15) is 0 Å². The van der Waals surface area contributed by atoms with E-state index in [0.29, 0.717) is 32.8 Å². The van der Waals surface area contributed by atoms with E-state index >= 15 is 0 Å². The van der Waals surface area contributed by atoms with Crippen LogP contribution in [0.3, 0.4) is 0 Å². The van der Waals surface area contributed by atoms with Crippen molar-refractivity contribution in [1.82, 2.24) is 30.1 Å². The average Bonchev–Trinajstić information content (AvgIpc) is 3.39. The Balaban J connectivity index is 1.61. The van der Waals surface area contributed by atoms with Gasteiger partial charge in [-0.25, -0.2) is 4.68 Å². The summed E-state index contributed by atoms with van der Waals surface area (Å²) in [5.41, 5.74) is 2.63. The predicted octanol–water partition coefficient (Wildman–Crippen LogP) is 2.73. The van der Waals surface area contributed by atoms with Crippen LogP contribution < -0.4 is 5.56 Å². The van der Waals surface area contributed by atoms with Crippen molar-refractivity contribution < 1.29 is 4.74 Å². The van der Waals surface area contributed by atoms with E-state index in [0.717, 1.165) is 27.9 Å². The molecule has 0 atom stereocenters. The minimum Gasteiger partial charge on any atom is -0.383 e. The molecule has 0 aliphatic heterocycles. The van der Waals surface area contributed by atoms with E-state index in [-0.39, 0.29) is 5.56 Å². The van der Waals surface area contributed by atoms with Crippen molar-refractivity contribution in [3.8, 4) is 0 Å². The maximum Gasteiger partial charge on any atom is 0.252 e. The standard InChI is InChI=1S/C21H24N6O2S/c1-15-5-6-16-11-17(21(28)22-19(16)10-15)12-26(13-18-4-3-9-30-18)14-20-23-24-25-27(20)7-8-29-2/h3-6,9-11H,7-8,12-14H2,1-2H3,(H,22,28). The van der Waals surface area contributed by atoms with Gasteiger partial charge in [-0.05, 0) is 51.9 Å². The molecule has 0 fully saturated rings. The maximum absolute atomic E-state index is 12.8. The Morgan fingerprint density at radius 3 is 2.90 bits per heavy atom. The summed E-state index contributed by atoms with van der Waals surface area (Å²) < 4.78 is 6.90. The molecule has 0 saturated heterocycles. The zero-order chi connectivity index (χ0) is 20.9. The summed E-state index contributed by atoms with van der Waals surface area (Å²) in [5.74, 6) is 0.747. The molecule has 4 aromatic rings. The first-order chi connectivity index (χ1) is 14.6. The smallest absolute Gasteiger partial charge is 0.252 e. The molecular weight excluding hydrogens is 400 g/mol. The molecule has 0 bridgehead atoms. The highest BCUT2D eigenvalue weighted by molar-refractivity contribution is 7.09. The topological polar surface area (TPSA) is 88.9 Å². The van der Waals surface area contributed by atoms with Crippen molar-refractivity contribution in [1.29, 1.82) is 0 Å². The second-order valence-corrected chi connectivity index (χ2v) is 8.28. The zero-order valence-electron chi connectivity index (χ0n) is 17.0. The van der Waals surface area contributed by atoms with E-state index < -0.39 is 0 Å². The van der Waals surface area contributed by atoms with Crippen LogP contribution >= 0.6 is 11.3 Å². The van der Waals surface area contributed by atoms with Crippen LogP contribution in [0.15, 0.2) is 46.6 Å². The van der Waals surface area contributed by atoms with Gasteiger partial charge in [-0.3, -0.25) is 9.69 Å². The van der Waals surface area contributed by atoms with Crippen LogP contribution in [0.4, 0.5) is 0 Å². The number of H-pyrrole nitrogens is 1. The first-order valence-corrected chi connectivity index (χ1v) is 10.6. The van der Waals surface area contributed by atoms with Crippen LogP contribution in [0.2, 0.25) is 0 Å². The molecule has 0 unspecified atom stereocenters. The van der Waals surface area contributed by atoms with Gasteiger partial charge in [0, 0.05) is 36.2 Å². The van der Waals surface area contributed by atoms with E-state index in [1.807, 2.05) is 31.2 Å². The molecule has 1 aromatic carbocycles. The van der Waals surface area contributed by atoms with Crippen molar-refractivity contribution in [3.63, 3.8) is 0 Å². The zero-order valence-corrected chi connectivity index (χ0v) is 17.9. The first-order valence-electron chi connectivity index (χ1n) is 9.73. The van der Waals surface area contributed by atoms with Crippen molar-refractivity contribution in [2.75, 3.05) is 13.7 Å². The van der Waals surface area contributed by atoms with Gasteiger partial charge in [0.25, 0.3) is 5.56 Å². The third-order valence-corrected chi connectivity index (χ3v) is 5.77. The molecule has 156 valence electrons. The number of rotatable bonds is 9. The van der Waals surface area contributed by atoms with Crippen LogP contribution in [0.1, 0.15) is 21.8 Å². The maximum atomic E-state index is 12.8. The monoisotopic (exact) mass is 424 g/mol. The number of benzene rings is 1. The molecule has 0 saturated carbocycles. The number of aromatic nitrogens is 5. The van der Waals surface area contributed by atoms with Gasteiger partial charge >= 0.3 is 0 Å². The van der Waals surface area contributed by atoms with Gasteiger partial charge in [0.15, 0.2) is 5.82 Å². The van der Waals surface area contributed by atoms with Gasteiger partial charge < -0.3 is 9.72 Å². The number of tetrazole rings is 1. The summed E-state index contributed by atoms with van der Waals surface area (Å²) in [6.07, 6.45) is 0. The highest BCUT2D eigenvalue weighted by atomic mass is 32.1. The van der Waals surface area contributed by atoms with Crippen LogP contribution in [0.5, 0.6) is 0 Å². The molecule has 0 spiro atoms. The minimum absolute atomic E-state index is 0.0664. The fourth-order valence-corrected chi connectivity index (χ4v) is 4.14. The Labute approximate surface area is 178 Å². The second-order valence-electron chi connectivity index (χ2n) is 7.25. The van der Waals surface area contributed by atoms with Crippen LogP contribution in [0.25, 0.3) is 10.9 Å². The van der Waals surface area contributed by atoms with Crippen molar-refractivity contribution in [2.24, 2.45) is 0 Å². The lowest BCUT2D eigenvalue weighted by atomic mass is 10.1. The summed E-state index contributed by atoms with van der Waals surface area (Å²) in [4.78, 5) is 19.2. The number of nitrogens with zero attached hydrogens (tertiary/aromatic N) is 5. The van der Waals surface area contributed by atoms with Gasteiger partial charge in [-0.1, -0.05) is 18.2 Å². The number of hydrogen-bond donors (Lipinski definition) is 1. The SMILES string of the molecule is COCCn1nnnc1CN(Cc1cccs1)Cc1cc2ccc(C)cc2[nH]c1=O. The average molecular weight is 425 g/mol. The molecule has 8 nitrogen and oxygen atoms in total. The predicted molar refractivity (Wildman–Crippen MR) is 116 cm³/mol. The lowest BCUT2D eigenvalue weighted by Crippen LogP contribution is -2.28. The number of thiophene rings is 1. The molecule has 1 N–H and O–H groups in total. The quantitative estimate of drug-likeness (QED) is 0.444. The number of ether oxygens (including phenoxy) is 1. The van der Waals surface area contributed by atoms with E-state index in [1.54, 1.807) is 23.1 Å². The van der Waals surface area contributed by atoms with Gasteiger partial charge in [0.05, 0.1) is 19.7 Å². The summed E-state index contributed by atoms with van der Waals surface area (Å²) in [5, 5.41) is 15.1. The molecular formula is C21H24N6O2S. The first kappa shape index (κ1) is 20.4. The second kappa shape index (κ2) is 9.29. The number of aromatic amines is 1. The van der Waals surface area contributed by atoms with E-state index in [2.05, 4.69) is 42.9 Å². The van der Waals surface area contributed by atoms with E-state index in [9.17, 15) is 4.79 Å². The number of nitrogens with one attached hydrogen (secondary N) is 1. The van der Waals surface area contributed by atoms with Crippen LogP contribution in [0, 0.1) is 6.92 Å². The van der Waals surface area contributed by atoms with Gasteiger partial charge in [-0.2, -0.15) is 0 Å².